The molecule has 0 aliphatic rings. The number of hydrogen-bond donors (Lipinski definition) is 2. The molecule has 3 aromatic rings. The van der Waals surface area contributed by atoms with Crippen molar-refractivity contribution in [1.29, 1.82) is 0 Å². The molecule has 2 amide bonds. The van der Waals surface area contributed by atoms with Gasteiger partial charge in [-0.3, -0.25) is 9.59 Å². The van der Waals surface area contributed by atoms with E-state index in [1.165, 1.54) is 43.1 Å². The van der Waals surface area contributed by atoms with E-state index >= 15 is 0 Å². The predicted octanol–water partition coefficient (Wildman–Crippen LogP) is 4.12. The number of aromatic nitrogens is 2. The van der Waals surface area contributed by atoms with Crippen LogP contribution in [0.4, 0.5) is 15.8 Å². The van der Waals surface area contributed by atoms with Gasteiger partial charge in [-0.1, -0.05) is 0 Å². The molecule has 0 bridgehead atoms. The summed E-state index contributed by atoms with van der Waals surface area (Å²) in [5, 5.41) is 5.56. The Morgan fingerprint density at radius 3 is 2.61 bits per heavy atom. The molecule has 2 heterocycles. The van der Waals surface area contributed by atoms with E-state index < -0.39 is 17.6 Å². The number of thioether (sulfide) groups is 1. The molecular formula is C19H17FN4O3S. The summed E-state index contributed by atoms with van der Waals surface area (Å²) in [6.07, 6.45) is 3.33. The number of benzene rings is 1. The minimum absolute atomic E-state index is 0.0171. The third-order valence-corrected chi connectivity index (χ3v) is 4.44. The molecule has 0 unspecified atom stereocenters. The number of amides is 2. The van der Waals surface area contributed by atoms with Gasteiger partial charge in [0.15, 0.2) is 11.6 Å². The van der Waals surface area contributed by atoms with Crippen LogP contribution in [-0.2, 0) is 4.79 Å². The van der Waals surface area contributed by atoms with E-state index in [4.69, 9.17) is 4.42 Å². The van der Waals surface area contributed by atoms with Gasteiger partial charge in [-0.2, -0.15) is 0 Å². The van der Waals surface area contributed by atoms with Crippen molar-refractivity contribution in [3.8, 4) is 11.6 Å². The fraction of sp³-hybridized carbons (Fsp3) is 0.158. The summed E-state index contributed by atoms with van der Waals surface area (Å²) in [5.74, 6) is -0.555. The maximum atomic E-state index is 13.8. The van der Waals surface area contributed by atoms with Gasteiger partial charge < -0.3 is 15.1 Å². The van der Waals surface area contributed by atoms with Crippen LogP contribution < -0.4 is 10.6 Å². The molecule has 144 valence electrons. The summed E-state index contributed by atoms with van der Waals surface area (Å²) < 4.78 is 19.1. The zero-order valence-electron chi connectivity index (χ0n) is 15.4. The second kappa shape index (κ2) is 8.22. The van der Waals surface area contributed by atoms with Gasteiger partial charge in [0.05, 0.1) is 23.2 Å². The Bertz CT molecular complexity index is 1040. The third-order valence-electron chi connectivity index (χ3n) is 3.75. The maximum absolute atomic E-state index is 13.8. The van der Waals surface area contributed by atoms with Gasteiger partial charge in [-0.15, -0.1) is 11.8 Å². The number of anilines is 2. The van der Waals surface area contributed by atoms with E-state index in [1.807, 2.05) is 0 Å². The van der Waals surface area contributed by atoms with E-state index in [9.17, 15) is 14.0 Å². The van der Waals surface area contributed by atoms with Crippen LogP contribution in [0.3, 0.4) is 0 Å². The Hall–Kier alpha value is -3.20. The molecule has 2 aromatic heterocycles. The number of carbonyl (C=O) groups is 2. The normalized spacial score (nSPS) is 10.6. The lowest BCUT2D eigenvalue weighted by molar-refractivity contribution is -0.114. The first kappa shape index (κ1) is 19.6. The number of aryl methyl sites for hydroxylation is 1. The second-order valence-corrected chi connectivity index (χ2v) is 6.62. The highest BCUT2D eigenvalue weighted by Gasteiger charge is 2.20. The van der Waals surface area contributed by atoms with Gasteiger partial charge in [0.2, 0.25) is 5.91 Å². The molecule has 0 aliphatic carbocycles. The average molecular weight is 400 g/mol. The Morgan fingerprint density at radius 2 is 1.96 bits per heavy atom. The van der Waals surface area contributed by atoms with Crippen molar-refractivity contribution in [3.63, 3.8) is 0 Å². The highest BCUT2D eigenvalue weighted by molar-refractivity contribution is 7.98. The van der Waals surface area contributed by atoms with Crippen molar-refractivity contribution in [1.82, 2.24) is 9.97 Å². The van der Waals surface area contributed by atoms with E-state index in [2.05, 4.69) is 20.6 Å². The van der Waals surface area contributed by atoms with Gasteiger partial charge in [0.25, 0.3) is 5.91 Å². The van der Waals surface area contributed by atoms with E-state index in [0.717, 1.165) is 0 Å². The Balaban J connectivity index is 1.91. The fourth-order valence-electron chi connectivity index (χ4n) is 2.55. The molecule has 0 saturated carbocycles. The number of nitrogens with one attached hydrogen (secondary N) is 2. The number of nitrogens with zero attached hydrogens (tertiary/aromatic N) is 2. The standard InChI is InChI=1S/C19H17FN4O3S/c1-10-16(19(28-3)24-17(21-10)15-5-4-8-27-15)18(26)23-12-6-7-13(20)14(9-12)22-11(2)25/h4-9H,1-3H3,(H,22,25)(H,23,26). The average Bonchev–Trinajstić information content (AvgIpc) is 3.18. The SMILES string of the molecule is CSc1nc(-c2ccco2)nc(C)c1C(=O)Nc1ccc(F)c(NC(C)=O)c1. The summed E-state index contributed by atoms with van der Waals surface area (Å²) in [4.78, 5) is 32.8. The van der Waals surface area contributed by atoms with Crippen LogP contribution in [0, 0.1) is 12.7 Å². The first-order chi connectivity index (χ1) is 13.4. The van der Waals surface area contributed by atoms with Gasteiger partial charge in [-0.05, 0) is 43.5 Å². The lowest BCUT2D eigenvalue weighted by atomic mass is 10.2. The molecule has 0 radical (unpaired) electrons. The molecule has 0 atom stereocenters. The third kappa shape index (κ3) is 4.20. The van der Waals surface area contributed by atoms with Crippen LogP contribution in [0.25, 0.3) is 11.6 Å². The van der Waals surface area contributed by atoms with Crippen LogP contribution in [0.15, 0.2) is 46.0 Å². The monoisotopic (exact) mass is 400 g/mol. The minimum atomic E-state index is -0.597. The van der Waals surface area contributed by atoms with E-state index in [1.54, 1.807) is 25.3 Å². The van der Waals surface area contributed by atoms with Crippen LogP contribution in [0.1, 0.15) is 23.0 Å². The summed E-state index contributed by atoms with van der Waals surface area (Å²) in [6.45, 7) is 2.98. The number of furan rings is 1. The Kier molecular flexibility index (Phi) is 5.74. The number of halogens is 1. The zero-order valence-corrected chi connectivity index (χ0v) is 16.2. The molecule has 3 rings (SSSR count). The van der Waals surface area contributed by atoms with E-state index in [-0.39, 0.29) is 5.69 Å². The number of carbonyl (C=O) groups excluding carboxylic acids is 2. The minimum Gasteiger partial charge on any atom is -0.461 e. The lowest BCUT2D eigenvalue weighted by Gasteiger charge is -2.13. The van der Waals surface area contributed by atoms with Crippen molar-refractivity contribution >= 4 is 35.0 Å². The van der Waals surface area contributed by atoms with Crippen LogP contribution in [0.2, 0.25) is 0 Å². The van der Waals surface area contributed by atoms with Crippen LogP contribution in [-0.4, -0.2) is 28.0 Å². The first-order valence-electron chi connectivity index (χ1n) is 8.24. The number of rotatable bonds is 5. The largest absolute Gasteiger partial charge is 0.461 e. The van der Waals surface area contributed by atoms with E-state index in [0.29, 0.717) is 33.6 Å². The van der Waals surface area contributed by atoms with Gasteiger partial charge in [0.1, 0.15) is 10.8 Å². The van der Waals surface area contributed by atoms with Crippen LogP contribution >= 0.6 is 11.8 Å². The molecule has 0 spiro atoms. The summed E-state index contributed by atoms with van der Waals surface area (Å²) in [7, 11) is 0. The Morgan fingerprint density at radius 1 is 1.18 bits per heavy atom. The summed E-state index contributed by atoms with van der Waals surface area (Å²) in [5.41, 5.74) is 1.11. The molecule has 0 aliphatic heterocycles. The highest BCUT2D eigenvalue weighted by Crippen LogP contribution is 2.27. The van der Waals surface area contributed by atoms with Crippen molar-refractivity contribution in [3.05, 3.63) is 53.7 Å². The molecular weight excluding hydrogens is 383 g/mol. The smallest absolute Gasteiger partial charge is 0.260 e. The highest BCUT2D eigenvalue weighted by atomic mass is 32.2. The summed E-state index contributed by atoms with van der Waals surface area (Å²) in [6, 6.07) is 7.39. The van der Waals surface area contributed by atoms with Crippen molar-refractivity contribution in [2.45, 2.75) is 18.9 Å². The summed E-state index contributed by atoms with van der Waals surface area (Å²) >= 11 is 1.30. The van der Waals surface area contributed by atoms with Crippen molar-refractivity contribution in [2.24, 2.45) is 0 Å². The maximum Gasteiger partial charge on any atom is 0.260 e. The quantitative estimate of drug-likeness (QED) is 0.494. The fourth-order valence-corrected chi connectivity index (χ4v) is 3.18. The van der Waals surface area contributed by atoms with Gasteiger partial charge in [-0.25, -0.2) is 14.4 Å². The first-order valence-corrected chi connectivity index (χ1v) is 9.46. The van der Waals surface area contributed by atoms with Crippen LogP contribution in [0.5, 0.6) is 0 Å². The molecule has 9 heteroatoms. The van der Waals surface area contributed by atoms with Crippen molar-refractivity contribution < 1.29 is 18.4 Å². The molecule has 0 saturated heterocycles. The molecule has 1 aromatic carbocycles. The Labute approximate surface area is 164 Å². The molecule has 0 fully saturated rings. The van der Waals surface area contributed by atoms with Gasteiger partial charge >= 0.3 is 0 Å². The number of hydrogen-bond acceptors (Lipinski definition) is 6. The molecule has 2 N–H and O–H groups in total. The van der Waals surface area contributed by atoms with Gasteiger partial charge in [0, 0.05) is 12.6 Å². The molecule has 28 heavy (non-hydrogen) atoms. The van der Waals surface area contributed by atoms with Crippen molar-refractivity contribution in [2.75, 3.05) is 16.9 Å². The predicted molar refractivity (Wildman–Crippen MR) is 105 cm³/mol. The second-order valence-electron chi connectivity index (χ2n) is 5.82. The zero-order chi connectivity index (χ0) is 20.3. The molecule has 7 nitrogen and oxygen atoms in total. The lowest BCUT2D eigenvalue weighted by Crippen LogP contribution is -2.17. The topological polar surface area (TPSA) is 97.1 Å².